The predicted molar refractivity (Wildman–Crippen MR) is 68.4 cm³/mol. The van der Waals surface area contributed by atoms with Crippen LogP contribution in [0.25, 0.3) is 0 Å². The number of hydrogen-bond acceptors (Lipinski definition) is 1. The molecular weight excluding hydrogens is 241 g/mol. The van der Waals surface area contributed by atoms with E-state index < -0.39 is 0 Å². The zero-order valence-corrected chi connectivity index (χ0v) is 10.6. The van der Waals surface area contributed by atoms with Gasteiger partial charge in [-0.2, -0.15) is 0 Å². The quantitative estimate of drug-likeness (QED) is 0.864. The van der Waals surface area contributed by atoms with Gasteiger partial charge in [0.05, 0.1) is 10.0 Å². The SMILES string of the molecule is Clc1ccc(C2(CNC3CC3)CC2)cc1Cl. The van der Waals surface area contributed by atoms with Crippen molar-refractivity contribution in [2.45, 2.75) is 37.1 Å². The highest BCUT2D eigenvalue weighted by Gasteiger charge is 2.44. The van der Waals surface area contributed by atoms with Gasteiger partial charge in [-0.15, -0.1) is 0 Å². The maximum absolute atomic E-state index is 6.07. The molecule has 0 bridgehead atoms. The summed E-state index contributed by atoms with van der Waals surface area (Å²) < 4.78 is 0. The molecule has 2 aliphatic rings. The van der Waals surface area contributed by atoms with E-state index in [1.807, 2.05) is 12.1 Å². The molecule has 0 heterocycles. The summed E-state index contributed by atoms with van der Waals surface area (Å²) in [5.41, 5.74) is 1.69. The highest BCUT2D eigenvalue weighted by Crippen LogP contribution is 2.49. The van der Waals surface area contributed by atoms with Crippen LogP contribution in [0.1, 0.15) is 31.2 Å². The van der Waals surface area contributed by atoms with Crippen molar-refractivity contribution in [2.24, 2.45) is 0 Å². The van der Waals surface area contributed by atoms with Gasteiger partial charge in [-0.1, -0.05) is 29.3 Å². The van der Waals surface area contributed by atoms with Gasteiger partial charge in [-0.25, -0.2) is 0 Å². The van der Waals surface area contributed by atoms with Crippen molar-refractivity contribution in [1.82, 2.24) is 5.32 Å². The smallest absolute Gasteiger partial charge is 0.0595 e. The fourth-order valence-corrected chi connectivity index (χ4v) is 2.47. The van der Waals surface area contributed by atoms with Crippen LogP contribution in [0.4, 0.5) is 0 Å². The van der Waals surface area contributed by atoms with Gasteiger partial charge in [-0.3, -0.25) is 0 Å². The van der Waals surface area contributed by atoms with E-state index in [2.05, 4.69) is 11.4 Å². The van der Waals surface area contributed by atoms with Gasteiger partial charge in [-0.05, 0) is 43.4 Å². The molecule has 86 valence electrons. The largest absolute Gasteiger partial charge is 0.313 e. The first-order valence-corrected chi connectivity index (χ1v) is 6.64. The van der Waals surface area contributed by atoms with Gasteiger partial charge in [0.1, 0.15) is 0 Å². The number of hydrogen-bond donors (Lipinski definition) is 1. The third-order valence-corrected chi connectivity index (χ3v) is 4.43. The van der Waals surface area contributed by atoms with E-state index in [0.717, 1.165) is 12.6 Å². The van der Waals surface area contributed by atoms with E-state index in [-0.39, 0.29) is 0 Å². The van der Waals surface area contributed by atoms with E-state index in [1.54, 1.807) is 0 Å². The Bertz CT molecular complexity index is 408. The molecule has 0 radical (unpaired) electrons. The minimum absolute atomic E-state index is 0.344. The van der Waals surface area contributed by atoms with E-state index >= 15 is 0 Å². The number of nitrogens with one attached hydrogen (secondary N) is 1. The van der Waals surface area contributed by atoms with Gasteiger partial charge in [0, 0.05) is 18.0 Å². The summed E-state index contributed by atoms with van der Waals surface area (Å²) in [4.78, 5) is 0. The molecule has 1 nitrogen and oxygen atoms in total. The normalized spacial score (nSPS) is 22.1. The molecule has 0 aliphatic heterocycles. The summed E-state index contributed by atoms with van der Waals surface area (Å²) in [5, 5.41) is 4.94. The van der Waals surface area contributed by atoms with Crippen molar-refractivity contribution in [3.05, 3.63) is 33.8 Å². The van der Waals surface area contributed by atoms with Crippen molar-refractivity contribution in [3.63, 3.8) is 0 Å². The summed E-state index contributed by atoms with van der Waals surface area (Å²) in [6.07, 6.45) is 5.23. The maximum atomic E-state index is 6.07. The summed E-state index contributed by atoms with van der Waals surface area (Å²) in [6.45, 7) is 1.09. The second kappa shape index (κ2) is 3.90. The third kappa shape index (κ3) is 2.09. The topological polar surface area (TPSA) is 12.0 Å². The molecule has 0 spiro atoms. The lowest BCUT2D eigenvalue weighted by Gasteiger charge is -2.17. The number of rotatable bonds is 4. The van der Waals surface area contributed by atoms with Crippen molar-refractivity contribution < 1.29 is 0 Å². The Morgan fingerprint density at radius 1 is 1.19 bits per heavy atom. The van der Waals surface area contributed by atoms with Gasteiger partial charge in [0.25, 0.3) is 0 Å². The highest BCUT2D eigenvalue weighted by molar-refractivity contribution is 6.42. The minimum atomic E-state index is 0.344. The molecule has 1 N–H and O–H groups in total. The summed E-state index contributed by atoms with van der Waals surface area (Å²) in [7, 11) is 0. The van der Waals surface area contributed by atoms with E-state index in [4.69, 9.17) is 23.2 Å². The fraction of sp³-hybridized carbons (Fsp3) is 0.538. The maximum Gasteiger partial charge on any atom is 0.0595 e. The monoisotopic (exact) mass is 255 g/mol. The van der Waals surface area contributed by atoms with E-state index in [0.29, 0.717) is 15.5 Å². The minimum Gasteiger partial charge on any atom is -0.313 e. The zero-order valence-electron chi connectivity index (χ0n) is 9.10. The summed E-state index contributed by atoms with van der Waals surface area (Å²) in [6, 6.07) is 6.85. The average Bonchev–Trinajstić information content (AvgIpc) is 3.14. The molecular formula is C13H15Cl2N. The van der Waals surface area contributed by atoms with Crippen LogP contribution in [0.3, 0.4) is 0 Å². The van der Waals surface area contributed by atoms with E-state index in [9.17, 15) is 0 Å². The van der Waals surface area contributed by atoms with Crippen LogP contribution in [0, 0.1) is 0 Å². The van der Waals surface area contributed by atoms with Crippen LogP contribution in [-0.4, -0.2) is 12.6 Å². The van der Waals surface area contributed by atoms with Gasteiger partial charge >= 0.3 is 0 Å². The van der Waals surface area contributed by atoms with Gasteiger partial charge < -0.3 is 5.32 Å². The van der Waals surface area contributed by atoms with E-state index in [1.165, 1.54) is 31.2 Å². The molecule has 0 unspecified atom stereocenters. The van der Waals surface area contributed by atoms with Crippen LogP contribution in [-0.2, 0) is 5.41 Å². The fourth-order valence-electron chi connectivity index (χ4n) is 2.17. The first kappa shape index (κ1) is 10.9. The Balaban J connectivity index is 1.76. The lowest BCUT2D eigenvalue weighted by molar-refractivity contribution is 0.572. The molecule has 1 aromatic carbocycles. The Hall–Kier alpha value is -0.240. The molecule has 0 saturated heterocycles. The molecule has 0 atom stereocenters. The summed E-state index contributed by atoms with van der Waals surface area (Å²) in [5.74, 6) is 0. The lowest BCUT2D eigenvalue weighted by atomic mass is 9.96. The van der Waals surface area contributed by atoms with Crippen LogP contribution in [0.15, 0.2) is 18.2 Å². The van der Waals surface area contributed by atoms with Crippen molar-refractivity contribution in [1.29, 1.82) is 0 Å². The third-order valence-electron chi connectivity index (χ3n) is 3.69. The summed E-state index contributed by atoms with van der Waals surface area (Å²) >= 11 is 12.0. The Morgan fingerprint density at radius 3 is 2.50 bits per heavy atom. The van der Waals surface area contributed by atoms with Crippen LogP contribution in [0.2, 0.25) is 10.0 Å². The molecule has 0 amide bonds. The molecule has 3 rings (SSSR count). The van der Waals surface area contributed by atoms with Crippen LogP contribution >= 0.6 is 23.2 Å². The lowest BCUT2D eigenvalue weighted by Crippen LogP contribution is -2.28. The Labute approximate surface area is 106 Å². The first-order chi connectivity index (χ1) is 7.70. The molecule has 3 heteroatoms. The molecule has 2 saturated carbocycles. The van der Waals surface area contributed by atoms with Crippen molar-refractivity contribution in [3.8, 4) is 0 Å². The Kier molecular flexibility index (Phi) is 2.66. The number of halogens is 2. The van der Waals surface area contributed by atoms with Crippen molar-refractivity contribution >= 4 is 23.2 Å². The predicted octanol–water partition coefficient (Wildman–Crippen LogP) is 3.78. The average molecular weight is 256 g/mol. The van der Waals surface area contributed by atoms with Crippen LogP contribution < -0.4 is 5.32 Å². The van der Waals surface area contributed by atoms with Gasteiger partial charge in [0.2, 0.25) is 0 Å². The second-order valence-electron chi connectivity index (χ2n) is 5.06. The highest BCUT2D eigenvalue weighted by atomic mass is 35.5. The van der Waals surface area contributed by atoms with Crippen molar-refractivity contribution in [2.75, 3.05) is 6.54 Å². The Morgan fingerprint density at radius 2 is 1.94 bits per heavy atom. The molecule has 2 fully saturated rings. The number of benzene rings is 1. The molecule has 16 heavy (non-hydrogen) atoms. The first-order valence-electron chi connectivity index (χ1n) is 5.89. The second-order valence-corrected chi connectivity index (χ2v) is 5.88. The molecule has 0 aromatic heterocycles. The molecule has 1 aromatic rings. The standard InChI is InChI=1S/C13H15Cl2N/c14-11-4-1-9(7-12(11)15)13(5-6-13)8-16-10-2-3-10/h1,4,7,10,16H,2-3,5-6,8H2. The van der Waals surface area contributed by atoms with Gasteiger partial charge in [0.15, 0.2) is 0 Å². The zero-order chi connectivity index (χ0) is 11.2. The van der Waals surface area contributed by atoms with Crippen LogP contribution in [0.5, 0.6) is 0 Å². The molecule has 2 aliphatic carbocycles.